The fourth-order valence-corrected chi connectivity index (χ4v) is 3.87. The second-order valence-electron chi connectivity index (χ2n) is 5.62. The van der Waals surface area contributed by atoms with Gasteiger partial charge in [0.05, 0.1) is 6.20 Å². The first-order valence-electron chi connectivity index (χ1n) is 7.68. The Kier molecular flexibility index (Phi) is 4.26. The van der Waals surface area contributed by atoms with Gasteiger partial charge in [-0.1, -0.05) is 23.1 Å². The Labute approximate surface area is 151 Å². The van der Waals surface area contributed by atoms with Crippen LogP contribution in [-0.2, 0) is 0 Å². The maximum atomic E-state index is 13.2. The van der Waals surface area contributed by atoms with E-state index in [1.165, 1.54) is 41.4 Å². The molecule has 1 aliphatic rings. The largest absolute Gasteiger partial charge is 0.295 e. The molecule has 0 unspecified atom stereocenters. The molecule has 1 aromatic carbocycles. The summed E-state index contributed by atoms with van der Waals surface area (Å²) in [6, 6.07) is 5.94. The van der Waals surface area contributed by atoms with Crippen LogP contribution in [0.1, 0.15) is 34.3 Å². The van der Waals surface area contributed by atoms with E-state index in [1.54, 1.807) is 16.7 Å². The summed E-state index contributed by atoms with van der Waals surface area (Å²) in [5.41, 5.74) is 1.03. The lowest BCUT2D eigenvalue weighted by molar-refractivity contribution is 0.102. The van der Waals surface area contributed by atoms with E-state index in [9.17, 15) is 9.18 Å². The zero-order valence-corrected chi connectivity index (χ0v) is 14.9. The molecule has 6 nitrogen and oxygen atoms in total. The van der Waals surface area contributed by atoms with Crippen molar-refractivity contribution in [2.45, 2.75) is 23.9 Å². The molecule has 1 saturated carbocycles. The van der Waals surface area contributed by atoms with Crippen molar-refractivity contribution in [3.63, 3.8) is 0 Å². The molecule has 3 aromatic rings. The number of benzene rings is 1. The van der Waals surface area contributed by atoms with Gasteiger partial charge in [0.1, 0.15) is 16.5 Å². The minimum Gasteiger partial charge on any atom is -0.295 e. The van der Waals surface area contributed by atoms with Crippen molar-refractivity contribution in [2.24, 2.45) is 0 Å². The van der Waals surface area contributed by atoms with Gasteiger partial charge in [0.15, 0.2) is 5.16 Å². The van der Waals surface area contributed by atoms with E-state index in [-0.39, 0.29) is 11.7 Å². The summed E-state index contributed by atoms with van der Waals surface area (Å²) >= 11 is 2.81. The van der Waals surface area contributed by atoms with Gasteiger partial charge in [-0.3, -0.25) is 14.7 Å². The van der Waals surface area contributed by atoms with Gasteiger partial charge < -0.3 is 0 Å². The summed E-state index contributed by atoms with van der Waals surface area (Å²) in [6.45, 7) is 0. The molecule has 2 aromatic heterocycles. The maximum absolute atomic E-state index is 13.2. The average Bonchev–Trinajstić information content (AvgIpc) is 3.20. The minimum atomic E-state index is -0.331. The van der Waals surface area contributed by atoms with Crippen LogP contribution in [-0.4, -0.2) is 31.9 Å². The van der Waals surface area contributed by atoms with Gasteiger partial charge in [-0.25, -0.2) is 9.37 Å². The number of halogens is 1. The molecule has 0 radical (unpaired) electrons. The number of carbonyl (C=O) groups is 1. The third-order valence-electron chi connectivity index (χ3n) is 3.82. The van der Waals surface area contributed by atoms with E-state index in [0.29, 0.717) is 27.6 Å². The Morgan fingerprint density at radius 2 is 2.08 bits per heavy atom. The van der Waals surface area contributed by atoms with E-state index >= 15 is 0 Å². The van der Waals surface area contributed by atoms with Crippen molar-refractivity contribution in [1.82, 2.24) is 19.7 Å². The number of thioether (sulfide) groups is 1. The molecule has 25 heavy (non-hydrogen) atoms. The highest BCUT2D eigenvalue weighted by Crippen LogP contribution is 2.42. The molecular weight excluding hydrogens is 361 g/mol. The number of nitrogens with zero attached hydrogens (tertiary/aromatic N) is 4. The van der Waals surface area contributed by atoms with Crippen LogP contribution in [0.25, 0.3) is 5.69 Å². The van der Waals surface area contributed by atoms with Crippen molar-refractivity contribution in [2.75, 3.05) is 11.6 Å². The predicted molar refractivity (Wildman–Crippen MR) is 95.1 cm³/mol. The van der Waals surface area contributed by atoms with E-state index in [2.05, 4.69) is 20.5 Å². The molecule has 0 spiro atoms. The molecule has 1 aliphatic carbocycles. The van der Waals surface area contributed by atoms with Gasteiger partial charge >= 0.3 is 0 Å². The number of hydrogen-bond acceptors (Lipinski definition) is 6. The first-order chi connectivity index (χ1) is 12.2. The molecule has 0 bridgehead atoms. The maximum Gasteiger partial charge on any atom is 0.276 e. The van der Waals surface area contributed by atoms with Crippen LogP contribution in [0.2, 0.25) is 0 Å². The van der Waals surface area contributed by atoms with Crippen LogP contribution in [0.5, 0.6) is 0 Å². The fourth-order valence-electron chi connectivity index (χ4n) is 2.42. The SMILES string of the molecule is CSc1ncc(C(=O)Nc2nnc(C3CC3)s2)n1-c1ccc(F)cc1. The number of amides is 1. The number of carbonyl (C=O) groups excluding carboxylic acids is 1. The lowest BCUT2D eigenvalue weighted by Crippen LogP contribution is -2.16. The molecule has 2 heterocycles. The molecule has 9 heteroatoms. The Balaban J connectivity index is 1.63. The van der Waals surface area contributed by atoms with Crippen molar-refractivity contribution < 1.29 is 9.18 Å². The summed E-state index contributed by atoms with van der Waals surface area (Å²) in [7, 11) is 0. The highest BCUT2D eigenvalue weighted by Gasteiger charge is 2.28. The van der Waals surface area contributed by atoms with Gasteiger partial charge in [0, 0.05) is 11.6 Å². The van der Waals surface area contributed by atoms with Crippen molar-refractivity contribution in [3.05, 3.63) is 47.0 Å². The number of imidazole rings is 1. The zero-order valence-electron chi connectivity index (χ0n) is 13.3. The molecule has 1 amide bonds. The second-order valence-corrected chi connectivity index (χ2v) is 7.40. The average molecular weight is 375 g/mol. The summed E-state index contributed by atoms with van der Waals surface area (Å²) in [4.78, 5) is 17.0. The normalized spacial score (nSPS) is 13.8. The Hall–Kier alpha value is -2.26. The highest BCUT2D eigenvalue weighted by atomic mass is 32.2. The summed E-state index contributed by atoms with van der Waals surface area (Å²) in [5.74, 6) is -0.159. The smallest absolute Gasteiger partial charge is 0.276 e. The van der Waals surface area contributed by atoms with E-state index in [1.807, 2.05) is 6.26 Å². The first-order valence-corrected chi connectivity index (χ1v) is 9.72. The Morgan fingerprint density at radius 3 is 2.76 bits per heavy atom. The minimum absolute atomic E-state index is 0.323. The van der Waals surface area contributed by atoms with Crippen LogP contribution in [0, 0.1) is 5.82 Å². The van der Waals surface area contributed by atoms with Crippen LogP contribution in [0.4, 0.5) is 9.52 Å². The monoisotopic (exact) mass is 375 g/mol. The topological polar surface area (TPSA) is 72.7 Å². The van der Waals surface area contributed by atoms with Gasteiger partial charge in [0.25, 0.3) is 5.91 Å². The summed E-state index contributed by atoms with van der Waals surface area (Å²) < 4.78 is 14.9. The standard InChI is InChI=1S/C16H14FN5OS2/c1-24-16-18-8-12(22(16)11-6-4-10(17)5-7-11)13(23)19-15-21-20-14(25-15)9-2-3-9/h4-9H,2-3H2,1H3,(H,19,21,23). The van der Waals surface area contributed by atoms with Gasteiger partial charge in [-0.05, 0) is 43.4 Å². The summed E-state index contributed by atoms with van der Waals surface area (Å²) in [5, 5.41) is 13.0. The fraction of sp³-hybridized carbons (Fsp3) is 0.250. The second kappa shape index (κ2) is 6.57. The Morgan fingerprint density at radius 1 is 1.32 bits per heavy atom. The van der Waals surface area contributed by atoms with Crippen LogP contribution >= 0.6 is 23.1 Å². The molecule has 4 rings (SSSR count). The zero-order chi connectivity index (χ0) is 17.4. The summed E-state index contributed by atoms with van der Waals surface area (Å²) in [6.07, 6.45) is 5.65. The molecule has 0 aliphatic heterocycles. The van der Waals surface area contributed by atoms with Crippen molar-refractivity contribution in [3.8, 4) is 5.69 Å². The number of hydrogen-bond donors (Lipinski definition) is 1. The number of aromatic nitrogens is 4. The lowest BCUT2D eigenvalue weighted by atomic mass is 10.3. The van der Waals surface area contributed by atoms with E-state index in [0.717, 1.165) is 17.8 Å². The number of rotatable bonds is 5. The molecule has 0 saturated heterocycles. The van der Waals surface area contributed by atoms with Gasteiger partial charge in [-0.15, -0.1) is 10.2 Å². The first kappa shape index (κ1) is 16.2. The highest BCUT2D eigenvalue weighted by molar-refractivity contribution is 7.98. The molecule has 128 valence electrons. The molecule has 0 atom stereocenters. The number of nitrogens with one attached hydrogen (secondary N) is 1. The van der Waals surface area contributed by atoms with Gasteiger partial charge in [0.2, 0.25) is 5.13 Å². The van der Waals surface area contributed by atoms with E-state index < -0.39 is 0 Å². The lowest BCUT2D eigenvalue weighted by Gasteiger charge is -2.10. The van der Waals surface area contributed by atoms with Gasteiger partial charge in [-0.2, -0.15) is 0 Å². The number of anilines is 1. The van der Waals surface area contributed by atoms with Crippen molar-refractivity contribution in [1.29, 1.82) is 0 Å². The third-order valence-corrected chi connectivity index (χ3v) is 5.47. The molecular formula is C16H14FN5OS2. The van der Waals surface area contributed by atoms with E-state index in [4.69, 9.17) is 0 Å². The predicted octanol–water partition coefficient (Wildman–Crippen LogP) is 3.71. The quantitative estimate of drug-likeness (QED) is 0.688. The van der Waals surface area contributed by atoms with Crippen LogP contribution in [0.3, 0.4) is 0 Å². The van der Waals surface area contributed by atoms with Crippen molar-refractivity contribution >= 4 is 34.1 Å². The van der Waals surface area contributed by atoms with Crippen LogP contribution in [0.15, 0.2) is 35.6 Å². The molecule has 1 fully saturated rings. The van der Waals surface area contributed by atoms with Crippen LogP contribution < -0.4 is 5.32 Å². The third kappa shape index (κ3) is 3.29. The molecule has 1 N–H and O–H groups in total. The Bertz CT molecular complexity index is 917.